The monoisotopic (exact) mass is 563 g/mol. The average molecular weight is 564 g/mol. The lowest BCUT2D eigenvalue weighted by Gasteiger charge is -2.36. The summed E-state index contributed by atoms with van der Waals surface area (Å²) < 4.78 is 13.0. The number of thiocarbonyl (C=S) groups is 1. The number of piperazine rings is 1. The van der Waals surface area contributed by atoms with Crippen molar-refractivity contribution in [2.45, 2.75) is 20.4 Å². The number of aromatic nitrogens is 2. The molecule has 11 heteroatoms. The topological polar surface area (TPSA) is 79.6 Å². The number of carbonyl (C=O) groups excluding carboxylic acids is 1. The zero-order valence-electron chi connectivity index (χ0n) is 21.8. The zero-order chi connectivity index (χ0) is 27.1. The summed E-state index contributed by atoms with van der Waals surface area (Å²) in [6.45, 7) is 8.72. The molecule has 6 rings (SSSR count). The van der Waals surface area contributed by atoms with Gasteiger partial charge in [-0.25, -0.2) is 4.98 Å². The molecule has 1 amide bonds. The van der Waals surface area contributed by atoms with E-state index in [0.29, 0.717) is 45.9 Å². The van der Waals surface area contributed by atoms with E-state index >= 15 is 0 Å². The molecule has 3 aliphatic heterocycles. The molecule has 0 atom stereocenters. The van der Waals surface area contributed by atoms with Crippen LogP contribution in [0.5, 0.6) is 11.5 Å². The van der Waals surface area contributed by atoms with Gasteiger partial charge in [0.1, 0.15) is 15.8 Å². The molecule has 9 nitrogen and oxygen atoms in total. The molecule has 0 spiro atoms. The standard InChI is InChI=1S/C28H29N5O4S2/c1-18(2)15-33-27(35)23(39-28(33)38)14-20-25(29-24-5-3-4-8-32(24)26(20)34)31-11-9-30(10-12-31)16-19-6-7-21-22(13-19)37-17-36-21/h3-8,13-14,18H,9-12,15-17H2,1-2H3/b23-14+. The predicted octanol–water partition coefficient (Wildman–Crippen LogP) is 3.60. The van der Waals surface area contributed by atoms with E-state index in [2.05, 4.69) is 15.9 Å². The summed E-state index contributed by atoms with van der Waals surface area (Å²) in [6, 6.07) is 11.6. The highest BCUT2D eigenvalue weighted by Gasteiger charge is 2.33. The largest absolute Gasteiger partial charge is 0.454 e. The van der Waals surface area contributed by atoms with Crippen LogP contribution in [0.25, 0.3) is 11.7 Å². The van der Waals surface area contributed by atoms with Crippen LogP contribution in [0.15, 0.2) is 52.3 Å². The van der Waals surface area contributed by atoms with Gasteiger partial charge < -0.3 is 14.4 Å². The van der Waals surface area contributed by atoms with Crippen molar-refractivity contribution in [3.8, 4) is 11.5 Å². The molecule has 0 saturated carbocycles. The Kier molecular flexibility index (Phi) is 7.05. The Balaban J connectivity index is 1.27. The van der Waals surface area contributed by atoms with Crippen molar-refractivity contribution in [2.24, 2.45) is 5.92 Å². The molecular formula is C28H29N5O4S2. The number of carbonyl (C=O) groups is 1. The summed E-state index contributed by atoms with van der Waals surface area (Å²) in [5.74, 6) is 2.30. The van der Waals surface area contributed by atoms with Crippen LogP contribution in [0, 0.1) is 5.92 Å². The summed E-state index contributed by atoms with van der Waals surface area (Å²) in [4.78, 5) is 38.4. The number of pyridine rings is 1. The number of hydrogen-bond donors (Lipinski definition) is 0. The zero-order valence-corrected chi connectivity index (χ0v) is 23.5. The third-order valence-electron chi connectivity index (χ3n) is 6.96. The Morgan fingerprint density at radius 3 is 2.67 bits per heavy atom. The first-order valence-electron chi connectivity index (χ1n) is 13.0. The molecule has 202 valence electrons. The van der Waals surface area contributed by atoms with Crippen LogP contribution in [-0.4, -0.2) is 68.9 Å². The highest BCUT2D eigenvalue weighted by molar-refractivity contribution is 8.26. The quantitative estimate of drug-likeness (QED) is 0.330. The molecule has 39 heavy (non-hydrogen) atoms. The highest BCUT2D eigenvalue weighted by atomic mass is 32.2. The Morgan fingerprint density at radius 2 is 1.87 bits per heavy atom. The molecule has 3 aliphatic rings. The van der Waals surface area contributed by atoms with Gasteiger partial charge in [-0.2, -0.15) is 0 Å². The number of ether oxygens (including phenoxy) is 2. The SMILES string of the molecule is CC(C)CN1C(=O)/C(=C\c2c(N3CCN(Cc4ccc5c(c4)OCO5)CC3)nc3ccccn3c2=O)SC1=S. The third-order valence-corrected chi connectivity index (χ3v) is 8.34. The van der Waals surface area contributed by atoms with E-state index in [1.54, 1.807) is 23.2 Å². The first-order valence-corrected chi connectivity index (χ1v) is 14.2. The fourth-order valence-electron chi connectivity index (χ4n) is 5.03. The van der Waals surface area contributed by atoms with Crippen molar-refractivity contribution < 1.29 is 14.3 Å². The van der Waals surface area contributed by atoms with Gasteiger partial charge in [0.2, 0.25) is 6.79 Å². The number of hydrogen-bond acceptors (Lipinski definition) is 9. The Labute approximate surface area is 236 Å². The van der Waals surface area contributed by atoms with Crippen molar-refractivity contribution >= 4 is 51.7 Å². The van der Waals surface area contributed by atoms with Crippen LogP contribution >= 0.6 is 24.0 Å². The fraction of sp³-hybridized carbons (Fsp3) is 0.357. The number of thioether (sulfide) groups is 1. The summed E-state index contributed by atoms with van der Waals surface area (Å²) in [7, 11) is 0. The number of benzene rings is 1. The van der Waals surface area contributed by atoms with Gasteiger partial charge in [0.25, 0.3) is 11.5 Å². The van der Waals surface area contributed by atoms with Crippen molar-refractivity contribution in [3.63, 3.8) is 0 Å². The van der Waals surface area contributed by atoms with Crippen LogP contribution in [0.4, 0.5) is 5.82 Å². The van der Waals surface area contributed by atoms with Gasteiger partial charge in [0.15, 0.2) is 11.5 Å². The van der Waals surface area contributed by atoms with Gasteiger partial charge >= 0.3 is 0 Å². The van der Waals surface area contributed by atoms with Crippen molar-refractivity contribution in [1.82, 2.24) is 19.2 Å². The number of nitrogens with zero attached hydrogens (tertiary/aromatic N) is 5. The van der Waals surface area contributed by atoms with Crippen LogP contribution in [0.3, 0.4) is 0 Å². The lowest BCUT2D eigenvalue weighted by atomic mass is 10.1. The maximum atomic E-state index is 13.7. The van der Waals surface area contributed by atoms with E-state index in [1.807, 2.05) is 38.1 Å². The first-order chi connectivity index (χ1) is 18.9. The van der Waals surface area contributed by atoms with Crippen molar-refractivity contribution in [3.05, 3.63) is 69.0 Å². The molecule has 1 aromatic carbocycles. The normalized spacial score (nSPS) is 18.8. The predicted molar refractivity (Wildman–Crippen MR) is 156 cm³/mol. The van der Waals surface area contributed by atoms with E-state index in [4.69, 9.17) is 26.7 Å². The molecule has 0 bridgehead atoms. The van der Waals surface area contributed by atoms with Crippen LogP contribution in [-0.2, 0) is 11.3 Å². The maximum absolute atomic E-state index is 13.7. The molecule has 2 saturated heterocycles. The molecule has 0 unspecified atom stereocenters. The average Bonchev–Trinajstić information content (AvgIpc) is 3.50. The maximum Gasteiger partial charge on any atom is 0.267 e. The Morgan fingerprint density at radius 1 is 1.08 bits per heavy atom. The summed E-state index contributed by atoms with van der Waals surface area (Å²) in [5.41, 5.74) is 1.95. The van der Waals surface area contributed by atoms with Crippen molar-refractivity contribution in [2.75, 3.05) is 44.4 Å². The molecule has 3 aromatic rings. The second-order valence-corrected chi connectivity index (χ2v) is 11.9. The van der Waals surface area contributed by atoms with Gasteiger partial charge in [-0.3, -0.25) is 23.8 Å². The Bertz CT molecular complexity index is 1540. The molecule has 5 heterocycles. The molecule has 2 fully saturated rings. The number of rotatable bonds is 6. The van der Waals surface area contributed by atoms with Crippen LogP contribution < -0.4 is 19.9 Å². The molecule has 0 N–H and O–H groups in total. The van der Waals surface area contributed by atoms with E-state index in [-0.39, 0.29) is 24.2 Å². The van der Waals surface area contributed by atoms with Crippen LogP contribution in [0.2, 0.25) is 0 Å². The van der Waals surface area contributed by atoms with E-state index in [0.717, 1.165) is 31.1 Å². The molecular weight excluding hydrogens is 534 g/mol. The van der Waals surface area contributed by atoms with Gasteiger partial charge in [-0.1, -0.05) is 50.0 Å². The first kappa shape index (κ1) is 25.8. The van der Waals surface area contributed by atoms with E-state index in [9.17, 15) is 9.59 Å². The second kappa shape index (κ2) is 10.6. The van der Waals surface area contributed by atoms with Gasteiger partial charge in [-0.15, -0.1) is 0 Å². The molecule has 0 aliphatic carbocycles. The van der Waals surface area contributed by atoms with E-state index in [1.165, 1.54) is 21.7 Å². The summed E-state index contributed by atoms with van der Waals surface area (Å²) >= 11 is 6.73. The third kappa shape index (κ3) is 5.13. The lowest BCUT2D eigenvalue weighted by Crippen LogP contribution is -2.47. The van der Waals surface area contributed by atoms with Gasteiger partial charge in [0, 0.05) is 45.5 Å². The Hall–Kier alpha value is -3.41. The minimum atomic E-state index is -0.201. The smallest absolute Gasteiger partial charge is 0.267 e. The number of anilines is 1. The van der Waals surface area contributed by atoms with Crippen LogP contribution in [0.1, 0.15) is 25.0 Å². The minimum Gasteiger partial charge on any atom is -0.454 e. The number of fused-ring (bicyclic) bond motifs is 2. The molecule has 2 aromatic heterocycles. The van der Waals surface area contributed by atoms with Gasteiger partial charge in [-0.05, 0) is 41.8 Å². The van der Waals surface area contributed by atoms with Gasteiger partial charge in [0.05, 0.1) is 10.5 Å². The summed E-state index contributed by atoms with van der Waals surface area (Å²) in [6.07, 6.45) is 3.39. The molecule has 0 radical (unpaired) electrons. The summed E-state index contributed by atoms with van der Waals surface area (Å²) in [5, 5.41) is 0. The van der Waals surface area contributed by atoms with Crippen molar-refractivity contribution in [1.29, 1.82) is 0 Å². The fourth-order valence-corrected chi connectivity index (χ4v) is 6.28. The lowest BCUT2D eigenvalue weighted by molar-refractivity contribution is -0.122. The second-order valence-electron chi connectivity index (χ2n) is 10.2. The van der Waals surface area contributed by atoms with E-state index < -0.39 is 0 Å². The highest BCUT2D eigenvalue weighted by Crippen LogP contribution is 2.35. The number of amides is 1. The minimum absolute atomic E-state index is 0.157.